The van der Waals surface area contributed by atoms with E-state index >= 15 is 0 Å². The minimum atomic E-state index is -0.124. The number of hydrogen-bond acceptors (Lipinski definition) is 3. The highest BCUT2D eigenvalue weighted by atomic mass is 35.5. The van der Waals surface area contributed by atoms with E-state index in [1.54, 1.807) is 24.3 Å². The molecule has 27 heavy (non-hydrogen) atoms. The van der Waals surface area contributed by atoms with Gasteiger partial charge < -0.3 is 9.88 Å². The van der Waals surface area contributed by atoms with E-state index in [4.69, 9.17) is 34.8 Å². The van der Waals surface area contributed by atoms with E-state index in [2.05, 4.69) is 10.3 Å². The second kappa shape index (κ2) is 8.48. The largest absolute Gasteiger partial charge is 0.326 e. The van der Waals surface area contributed by atoms with Crippen molar-refractivity contribution in [3.63, 3.8) is 0 Å². The molecular formula is C19H16Cl3N3OS. The Kier molecular flexibility index (Phi) is 6.27. The monoisotopic (exact) mass is 439 g/mol. The van der Waals surface area contributed by atoms with Crippen LogP contribution in [-0.2, 0) is 18.3 Å². The third-order valence-corrected chi connectivity index (χ3v) is 5.70. The van der Waals surface area contributed by atoms with E-state index in [-0.39, 0.29) is 12.3 Å². The Morgan fingerprint density at radius 1 is 1.15 bits per heavy atom. The second-order valence-electron chi connectivity index (χ2n) is 6.00. The Labute approximate surface area is 176 Å². The Balaban J connectivity index is 1.77. The molecule has 3 aromatic rings. The van der Waals surface area contributed by atoms with Gasteiger partial charge in [-0.3, -0.25) is 4.79 Å². The summed E-state index contributed by atoms with van der Waals surface area (Å²) >= 11 is 19.6. The second-order valence-corrected chi connectivity index (χ2v) is 8.11. The molecule has 8 heteroatoms. The van der Waals surface area contributed by atoms with Gasteiger partial charge in [0.25, 0.3) is 0 Å². The lowest BCUT2D eigenvalue weighted by atomic mass is 10.2. The number of aryl methyl sites for hydroxylation is 1. The number of amides is 1. The van der Waals surface area contributed by atoms with Crippen LogP contribution in [0.5, 0.6) is 0 Å². The molecular weight excluding hydrogens is 425 g/mol. The molecule has 3 rings (SSSR count). The van der Waals surface area contributed by atoms with E-state index in [9.17, 15) is 4.79 Å². The quantitative estimate of drug-likeness (QED) is 0.550. The molecule has 1 aromatic heterocycles. The van der Waals surface area contributed by atoms with Crippen LogP contribution >= 0.6 is 46.1 Å². The molecule has 0 atom stereocenters. The predicted molar refractivity (Wildman–Crippen MR) is 113 cm³/mol. The molecule has 1 heterocycles. The third-order valence-electron chi connectivity index (χ3n) is 3.89. The molecule has 0 aliphatic carbocycles. The number of benzene rings is 2. The molecule has 0 aliphatic heterocycles. The van der Waals surface area contributed by atoms with Gasteiger partial charge in [0.2, 0.25) is 5.91 Å². The molecule has 0 radical (unpaired) electrons. The van der Waals surface area contributed by atoms with Crippen LogP contribution in [0.1, 0.15) is 11.3 Å². The number of thiazole rings is 1. The maximum absolute atomic E-state index is 12.4. The number of hydrogen-bond donors (Lipinski definition) is 1. The zero-order chi connectivity index (χ0) is 19.6. The summed E-state index contributed by atoms with van der Waals surface area (Å²) in [5.41, 5.74) is 3.15. The maximum Gasteiger partial charge on any atom is 0.230 e. The van der Waals surface area contributed by atoms with Crippen molar-refractivity contribution in [1.29, 1.82) is 0 Å². The first-order valence-electron chi connectivity index (χ1n) is 8.02. The van der Waals surface area contributed by atoms with Gasteiger partial charge in [0.05, 0.1) is 12.1 Å². The van der Waals surface area contributed by atoms with Crippen LogP contribution in [0, 0.1) is 6.92 Å². The van der Waals surface area contributed by atoms with Gasteiger partial charge in [-0.1, -0.05) is 40.9 Å². The molecule has 0 bridgehead atoms. The molecule has 0 spiro atoms. The molecule has 0 fully saturated rings. The molecule has 0 saturated carbocycles. The predicted octanol–water partition coefficient (Wildman–Crippen LogP) is 5.77. The zero-order valence-electron chi connectivity index (χ0n) is 14.6. The number of carbonyl (C=O) groups is 1. The van der Waals surface area contributed by atoms with Gasteiger partial charge in [0.1, 0.15) is 0 Å². The summed E-state index contributed by atoms with van der Waals surface area (Å²) in [6, 6.07) is 10.6. The fourth-order valence-corrected chi connectivity index (χ4v) is 4.03. The Hall–Kier alpha value is -1.79. The van der Waals surface area contributed by atoms with Gasteiger partial charge in [-0.2, -0.15) is 0 Å². The molecule has 2 aromatic carbocycles. The summed E-state index contributed by atoms with van der Waals surface area (Å²) in [5.74, 6) is -0.124. The van der Waals surface area contributed by atoms with Gasteiger partial charge >= 0.3 is 0 Å². The van der Waals surface area contributed by atoms with Crippen LogP contribution in [-0.4, -0.2) is 10.5 Å². The number of carbonyl (C=O) groups excluding carboxylic acids is 1. The number of aromatic nitrogens is 1. The fraction of sp³-hybridized carbons (Fsp3) is 0.158. The average molecular weight is 441 g/mol. The Morgan fingerprint density at radius 3 is 2.52 bits per heavy atom. The molecule has 0 aliphatic rings. The lowest BCUT2D eigenvalue weighted by molar-refractivity contribution is -0.115. The van der Waals surface area contributed by atoms with Crippen molar-refractivity contribution in [3.8, 4) is 0 Å². The van der Waals surface area contributed by atoms with Gasteiger partial charge in [0.15, 0.2) is 4.80 Å². The molecule has 0 saturated heterocycles. The summed E-state index contributed by atoms with van der Waals surface area (Å²) in [6.07, 6.45) is 0.227. The summed E-state index contributed by atoms with van der Waals surface area (Å²) in [5, 5.41) is 6.44. The zero-order valence-corrected chi connectivity index (χ0v) is 17.7. The van der Waals surface area contributed by atoms with Crippen molar-refractivity contribution < 1.29 is 4.79 Å². The molecule has 1 amide bonds. The van der Waals surface area contributed by atoms with E-state index in [1.165, 1.54) is 11.3 Å². The van der Waals surface area contributed by atoms with Crippen molar-refractivity contribution in [2.45, 2.75) is 13.3 Å². The molecule has 0 unspecified atom stereocenters. The maximum atomic E-state index is 12.4. The lowest BCUT2D eigenvalue weighted by Gasteiger charge is -2.07. The highest BCUT2D eigenvalue weighted by Gasteiger charge is 2.09. The summed E-state index contributed by atoms with van der Waals surface area (Å²) in [6.45, 7) is 1.91. The highest BCUT2D eigenvalue weighted by Crippen LogP contribution is 2.24. The van der Waals surface area contributed by atoms with E-state index in [1.807, 2.05) is 36.1 Å². The van der Waals surface area contributed by atoms with Crippen LogP contribution in [0.3, 0.4) is 0 Å². The van der Waals surface area contributed by atoms with Crippen LogP contribution in [0.15, 0.2) is 46.8 Å². The minimum Gasteiger partial charge on any atom is -0.326 e. The normalized spacial score (nSPS) is 11.7. The number of nitrogens with one attached hydrogen (secondary N) is 1. The summed E-state index contributed by atoms with van der Waals surface area (Å²) in [7, 11) is 1.87. The average Bonchev–Trinajstić information content (AvgIpc) is 2.90. The van der Waals surface area contributed by atoms with Crippen LogP contribution in [0.25, 0.3) is 0 Å². The Morgan fingerprint density at radius 2 is 1.85 bits per heavy atom. The van der Waals surface area contributed by atoms with Crippen molar-refractivity contribution in [2.75, 3.05) is 5.32 Å². The van der Waals surface area contributed by atoms with E-state index in [0.29, 0.717) is 26.4 Å². The molecule has 1 N–H and O–H groups in total. The molecule has 140 valence electrons. The van der Waals surface area contributed by atoms with Gasteiger partial charge in [-0.15, -0.1) is 11.3 Å². The van der Waals surface area contributed by atoms with E-state index < -0.39 is 0 Å². The van der Waals surface area contributed by atoms with Gasteiger partial charge in [0, 0.05) is 38.9 Å². The lowest BCUT2D eigenvalue weighted by Crippen LogP contribution is -2.19. The minimum absolute atomic E-state index is 0.124. The van der Waals surface area contributed by atoms with Gasteiger partial charge in [-0.05, 0) is 42.8 Å². The number of anilines is 1. The number of halogens is 3. The topological polar surface area (TPSA) is 46.4 Å². The SMILES string of the molecule is Cc1ccc(NC(=O)Cc2csc(=Nc3cc(Cl)cc(Cl)c3)n2C)cc1Cl. The fourth-order valence-electron chi connectivity index (χ4n) is 2.42. The van der Waals surface area contributed by atoms with Crippen molar-refractivity contribution in [3.05, 3.63) is 72.9 Å². The number of rotatable bonds is 4. The molecule has 4 nitrogen and oxygen atoms in total. The van der Waals surface area contributed by atoms with Gasteiger partial charge in [-0.25, -0.2) is 4.99 Å². The van der Waals surface area contributed by atoms with Crippen LogP contribution in [0.4, 0.5) is 11.4 Å². The smallest absolute Gasteiger partial charge is 0.230 e. The van der Waals surface area contributed by atoms with Crippen molar-refractivity contribution >= 4 is 63.4 Å². The van der Waals surface area contributed by atoms with Crippen LogP contribution in [0.2, 0.25) is 15.1 Å². The third kappa shape index (κ3) is 5.14. The highest BCUT2D eigenvalue weighted by molar-refractivity contribution is 7.07. The summed E-state index contributed by atoms with van der Waals surface area (Å²) < 4.78 is 1.88. The van der Waals surface area contributed by atoms with Crippen molar-refractivity contribution in [1.82, 2.24) is 4.57 Å². The summed E-state index contributed by atoms with van der Waals surface area (Å²) in [4.78, 5) is 17.7. The first kappa shape index (κ1) is 20.0. The van der Waals surface area contributed by atoms with E-state index in [0.717, 1.165) is 16.1 Å². The van der Waals surface area contributed by atoms with Crippen molar-refractivity contribution in [2.24, 2.45) is 12.0 Å². The Bertz CT molecular complexity index is 1050. The first-order chi connectivity index (χ1) is 12.8. The van der Waals surface area contributed by atoms with Crippen LogP contribution < -0.4 is 10.1 Å². The first-order valence-corrected chi connectivity index (χ1v) is 10.0. The standard InChI is InChI=1S/C19H16Cl3N3OS/c1-11-3-4-14(8-17(11)22)23-18(26)9-16-10-27-19(25(16)2)24-15-6-12(20)5-13(21)7-15/h3-8,10H,9H2,1-2H3,(H,23,26). The number of nitrogens with zero attached hydrogens (tertiary/aromatic N) is 2.